The molecule has 2 aromatic rings. The van der Waals surface area contributed by atoms with Crippen molar-refractivity contribution in [3.8, 4) is 0 Å². The van der Waals surface area contributed by atoms with E-state index in [-0.39, 0.29) is 18.2 Å². The molecule has 2 aromatic carbocycles. The molecule has 0 saturated heterocycles. The molecule has 2 amide bonds. The lowest BCUT2D eigenvalue weighted by atomic mass is 10.0. The van der Waals surface area contributed by atoms with Gasteiger partial charge >= 0.3 is 0 Å². The predicted octanol–water partition coefficient (Wildman–Crippen LogP) is 2.72. The normalized spacial score (nSPS) is 14.2. The fourth-order valence-electron chi connectivity index (χ4n) is 2.71. The Hall–Kier alpha value is -2.95. The number of rotatable bonds is 6. The van der Waals surface area contributed by atoms with Crippen molar-refractivity contribution in [3.05, 3.63) is 71.8 Å². The lowest BCUT2D eigenvalue weighted by Crippen LogP contribution is -2.35. The Bertz CT molecular complexity index is 757. The Morgan fingerprint density at radius 2 is 1.68 bits per heavy atom. The highest BCUT2D eigenvalue weighted by Gasteiger charge is 2.21. The van der Waals surface area contributed by atoms with E-state index >= 15 is 0 Å². The second-order valence-corrected chi connectivity index (χ2v) is 5.94. The number of amides is 2. The van der Waals surface area contributed by atoms with Gasteiger partial charge in [0.15, 0.2) is 0 Å². The molecule has 5 heteroatoms. The first-order valence-corrected chi connectivity index (χ1v) is 8.46. The van der Waals surface area contributed by atoms with Crippen LogP contribution in [0.25, 0.3) is 0 Å². The van der Waals surface area contributed by atoms with Crippen LogP contribution in [-0.2, 0) is 16.1 Å². The third kappa shape index (κ3) is 4.76. The molecule has 3 rings (SSSR count). The van der Waals surface area contributed by atoms with Crippen LogP contribution in [0.5, 0.6) is 0 Å². The highest BCUT2D eigenvalue weighted by molar-refractivity contribution is 6.04. The zero-order valence-electron chi connectivity index (χ0n) is 14.0. The SMILES string of the molecule is O=C(CCN1N=C(c2ccccc2)CCC1=O)NCc1ccccc1. The zero-order valence-corrected chi connectivity index (χ0v) is 14.0. The fourth-order valence-corrected chi connectivity index (χ4v) is 2.71. The summed E-state index contributed by atoms with van der Waals surface area (Å²) in [5, 5.41) is 8.74. The summed E-state index contributed by atoms with van der Waals surface area (Å²) >= 11 is 0. The van der Waals surface area contributed by atoms with Gasteiger partial charge in [-0.2, -0.15) is 5.10 Å². The van der Waals surface area contributed by atoms with Crippen molar-refractivity contribution in [2.24, 2.45) is 5.10 Å². The maximum atomic E-state index is 12.1. The molecule has 0 bridgehead atoms. The predicted molar refractivity (Wildman–Crippen MR) is 96.8 cm³/mol. The average Bonchev–Trinajstić information content (AvgIpc) is 2.67. The second-order valence-electron chi connectivity index (χ2n) is 5.94. The van der Waals surface area contributed by atoms with Gasteiger partial charge in [0.2, 0.25) is 11.8 Å². The molecule has 1 heterocycles. The third-order valence-corrected chi connectivity index (χ3v) is 4.10. The number of nitrogens with one attached hydrogen (secondary N) is 1. The number of hydrazone groups is 1. The summed E-state index contributed by atoms with van der Waals surface area (Å²) in [5.41, 5.74) is 2.97. The molecule has 5 nitrogen and oxygen atoms in total. The van der Waals surface area contributed by atoms with E-state index in [4.69, 9.17) is 0 Å². The molecule has 0 aromatic heterocycles. The molecular formula is C20H21N3O2. The van der Waals surface area contributed by atoms with Crippen molar-refractivity contribution in [2.75, 3.05) is 6.54 Å². The number of nitrogens with zero attached hydrogens (tertiary/aromatic N) is 2. The van der Waals surface area contributed by atoms with Gasteiger partial charge in [-0.3, -0.25) is 9.59 Å². The molecule has 128 valence electrons. The average molecular weight is 335 g/mol. The lowest BCUT2D eigenvalue weighted by Gasteiger charge is -2.23. The van der Waals surface area contributed by atoms with Crippen LogP contribution in [0, 0.1) is 0 Å². The second kappa shape index (κ2) is 8.24. The summed E-state index contributed by atoms with van der Waals surface area (Å²) < 4.78 is 0. The van der Waals surface area contributed by atoms with Crippen LogP contribution in [-0.4, -0.2) is 29.1 Å². The molecule has 0 saturated carbocycles. The molecule has 0 fully saturated rings. The zero-order chi connectivity index (χ0) is 17.5. The number of carbonyl (C=O) groups is 2. The summed E-state index contributed by atoms with van der Waals surface area (Å²) in [4.78, 5) is 24.1. The molecule has 0 unspecified atom stereocenters. The molecule has 1 N–H and O–H groups in total. The highest BCUT2D eigenvalue weighted by atomic mass is 16.2. The topological polar surface area (TPSA) is 61.8 Å². The van der Waals surface area contributed by atoms with E-state index in [1.165, 1.54) is 5.01 Å². The van der Waals surface area contributed by atoms with Gasteiger partial charge in [0, 0.05) is 25.8 Å². The quantitative estimate of drug-likeness (QED) is 0.882. The van der Waals surface area contributed by atoms with E-state index in [1.807, 2.05) is 60.7 Å². The molecule has 0 atom stereocenters. The summed E-state index contributed by atoms with van der Waals surface area (Å²) in [6.07, 6.45) is 1.31. The van der Waals surface area contributed by atoms with E-state index in [1.54, 1.807) is 0 Å². The molecule has 1 aliphatic rings. The Balaban J connectivity index is 1.54. The van der Waals surface area contributed by atoms with Crippen LogP contribution in [0.3, 0.4) is 0 Å². The standard InChI is InChI=1S/C20H21N3O2/c24-19(21-15-16-7-3-1-4-8-16)13-14-23-20(25)12-11-18(22-23)17-9-5-2-6-10-17/h1-10H,11-15H2,(H,21,24). The summed E-state index contributed by atoms with van der Waals surface area (Å²) in [5.74, 6) is -0.116. The number of carbonyl (C=O) groups excluding carboxylic acids is 2. The van der Waals surface area contributed by atoms with Gasteiger partial charge in [0.05, 0.1) is 12.3 Å². The molecular weight excluding hydrogens is 314 g/mol. The fraction of sp³-hybridized carbons (Fsp3) is 0.250. The first-order chi connectivity index (χ1) is 12.2. The van der Waals surface area contributed by atoms with Crippen LogP contribution in [0.15, 0.2) is 65.8 Å². The van der Waals surface area contributed by atoms with Crippen LogP contribution in [0.4, 0.5) is 0 Å². The van der Waals surface area contributed by atoms with Crippen molar-refractivity contribution in [1.29, 1.82) is 0 Å². The molecule has 0 aliphatic carbocycles. The highest BCUT2D eigenvalue weighted by Crippen LogP contribution is 2.15. The minimum absolute atomic E-state index is 0.0319. The van der Waals surface area contributed by atoms with Crippen LogP contribution < -0.4 is 5.32 Å². The molecule has 1 aliphatic heterocycles. The number of hydrogen-bond acceptors (Lipinski definition) is 3. The Kier molecular flexibility index (Phi) is 5.57. The summed E-state index contributed by atoms with van der Waals surface area (Å²) in [6, 6.07) is 19.6. The van der Waals surface area contributed by atoms with Crippen LogP contribution >= 0.6 is 0 Å². The van der Waals surface area contributed by atoms with E-state index < -0.39 is 0 Å². The monoisotopic (exact) mass is 335 g/mol. The van der Waals surface area contributed by atoms with Crippen molar-refractivity contribution < 1.29 is 9.59 Å². The Morgan fingerprint density at radius 3 is 2.40 bits per heavy atom. The van der Waals surface area contributed by atoms with Gasteiger partial charge in [0.1, 0.15) is 0 Å². The van der Waals surface area contributed by atoms with Gasteiger partial charge in [0.25, 0.3) is 0 Å². The first kappa shape index (κ1) is 16.9. The number of hydrogen-bond donors (Lipinski definition) is 1. The van der Waals surface area contributed by atoms with Gasteiger partial charge in [-0.25, -0.2) is 5.01 Å². The third-order valence-electron chi connectivity index (χ3n) is 4.10. The minimum atomic E-state index is -0.0845. The first-order valence-electron chi connectivity index (χ1n) is 8.46. The van der Waals surface area contributed by atoms with Crippen molar-refractivity contribution >= 4 is 17.5 Å². The number of benzene rings is 2. The molecule has 25 heavy (non-hydrogen) atoms. The van der Waals surface area contributed by atoms with Crippen molar-refractivity contribution in [1.82, 2.24) is 10.3 Å². The van der Waals surface area contributed by atoms with E-state index in [2.05, 4.69) is 10.4 Å². The maximum Gasteiger partial charge on any atom is 0.243 e. The summed E-state index contributed by atoms with van der Waals surface area (Å²) in [6.45, 7) is 0.794. The van der Waals surface area contributed by atoms with E-state index in [9.17, 15) is 9.59 Å². The van der Waals surface area contributed by atoms with Gasteiger partial charge < -0.3 is 5.32 Å². The Labute approximate surface area is 147 Å². The summed E-state index contributed by atoms with van der Waals surface area (Å²) in [7, 11) is 0. The van der Waals surface area contributed by atoms with E-state index in [0.29, 0.717) is 25.9 Å². The minimum Gasteiger partial charge on any atom is -0.352 e. The maximum absolute atomic E-state index is 12.1. The van der Waals surface area contributed by atoms with Gasteiger partial charge in [-0.15, -0.1) is 0 Å². The smallest absolute Gasteiger partial charge is 0.243 e. The van der Waals surface area contributed by atoms with Crippen molar-refractivity contribution in [2.45, 2.75) is 25.8 Å². The van der Waals surface area contributed by atoms with Crippen LogP contribution in [0.1, 0.15) is 30.4 Å². The molecule has 0 spiro atoms. The van der Waals surface area contributed by atoms with Crippen LogP contribution in [0.2, 0.25) is 0 Å². The molecule has 0 radical (unpaired) electrons. The van der Waals surface area contributed by atoms with Crippen molar-refractivity contribution in [3.63, 3.8) is 0 Å². The van der Waals surface area contributed by atoms with Gasteiger partial charge in [-0.05, 0) is 11.1 Å². The Morgan fingerprint density at radius 1 is 1.00 bits per heavy atom. The van der Waals surface area contributed by atoms with Gasteiger partial charge in [-0.1, -0.05) is 60.7 Å². The van der Waals surface area contributed by atoms with E-state index in [0.717, 1.165) is 16.8 Å². The largest absolute Gasteiger partial charge is 0.352 e. The lowest BCUT2D eigenvalue weighted by molar-refractivity contribution is -0.132.